The number of carboxylic acid groups (broad SMARTS) is 1. The van der Waals surface area contributed by atoms with Crippen LogP contribution in [0.15, 0.2) is 28.7 Å². The summed E-state index contributed by atoms with van der Waals surface area (Å²) in [6, 6.07) is 6.23. The van der Waals surface area contributed by atoms with Crippen LogP contribution in [0.25, 0.3) is 0 Å². The van der Waals surface area contributed by atoms with Crippen LogP contribution in [0, 0.1) is 0 Å². The van der Waals surface area contributed by atoms with Crippen molar-refractivity contribution in [1.82, 2.24) is 10.2 Å². The van der Waals surface area contributed by atoms with E-state index in [-0.39, 0.29) is 12.1 Å². The minimum atomic E-state index is -1.00. The molecular formula is C12H13BrN2O3. The molecule has 1 fully saturated rings. The quantitative estimate of drug-likeness (QED) is 0.896. The minimum absolute atomic E-state index is 0.185. The number of amides is 2. The summed E-state index contributed by atoms with van der Waals surface area (Å²) >= 11 is 3.43. The minimum Gasteiger partial charge on any atom is -0.480 e. The second-order valence-corrected chi connectivity index (χ2v) is 5.04. The number of rotatable bonds is 3. The third-order valence-corrected chi connectivity index (χ3v) is 3.77. The highest BCUT2D eigenvalue weighted by Crippen LogP contribution is 2.27. The van der Waals surface area contributed by atoms with Gasteiger partial charge in [0.1, 0.15) is 6.04 Å². The summed E-state index contributed by atoms with van der Waals surface area (Å²) in [6.45, 7) is 1.86. The summed E-state index contributed by atoms with van der Waals surface area (Å²) in [7, 11) is 0. The van der Waals surface area contributed by atoms with Gasteiger partial charge in [0, 0.05) is 11.0 Å². The van der Waals surface area contributed by atoms with E-state index in [1.807, 2.05) is 24.3 Å². The Bertz CT molecular complexity index is 492. The molecule has 6 heteroatoms. The zero-order valence-corrected chi connectivity index (χ0v) is 11.3. The van der Waals surface area contributed by atoms with Crippen LogP contribution in [0.1, 0.15) is 18.5 Å². The first kappa shape index (κ1) is 12.9. The van der Waals surface area contributed by atoms with Crippen molar-refractivity contribution in [3.05, 3.63) is 34.3 Å². The predicted octanol–water partition coefficient (Wildman–Crippen LogP) is 1.99. The first-order chi connectivity index (χ1) is 8.50. The van der Waals surface area contributed by atoms with Gasteiger partial charge in [0.15, 0.2) is 0 Å². The normalized spacial score (nSPS) is 20.7. The average Bonchev–Trinajstić information content (AvgIpc) is 2.70. The number of nitrogens with zero attached hydrogens (tertiary/aromatic N) is 1. The Morgan fingerprint density at radius 1 is 1.56 bits per heavy atom. The SMILES string of the molecule is CC(C(=O)O)N1CC(c2ccccc2Br)NC1=O. The van der Waals surface area contributed by atoms with Gasteiger partial charge in [-0.2, -0.15) is 0 Å². The molecule has 2 amide bonds. The first-order valence-electron chi connectivity index (χ1n) is 5.55. The van der Waals surface area contributed by atoms with E-state index in [1.165, 1.54) is 11.8 Å². The van der Waals surface area contributed by atoms with Gasteiger partial charge in [-0.3, -0.25) is 0 Å². The molecule has 2 rings (SSSR count). The van der Waals surface area contributed by atoms with Crippen molar-refractivity contribution in [3.63, 3.8) is 0 Å². The second-order valence-electron chi connectivity index (χ2n) is 4.19. The van der Waals surface area contributed by atoms with Crippen molar-refractivity contribution >= 4 is 27.9 Å². The molecular weight excluding hydrogens is 300 g/mol. The number of benzene rings is 1. The smallest absolute Gasteiger partial charge is 0.326 e. The van der Waals surface area contributed by atoms with E-state index >= 15 is 0 Å². The monoisotopic (exact) mass is 312 g/mol. The number of carbonyl (C=O) groups excluding carboxylic acids is 1. The maximum Gasteiger partial charge on any atom is 0.326 e. The number of halogens is 1. The maximum absolute atomic E-state index is 11.8. The summed E-state index contributed by atoms with van der Waals surface area (Å²) < 4.78 is 0.903. The van der Waals surface area contributed by atoms with Crippen LogP contribution in [0.2, 0.25) is 0 Å². The molecule has 1 aromatic carbocycles. The molecule has 1 saturated heterocycles. The van der Waals surface area contributed by atoms with Crippen LogP contribution in [0.5, 0.6) is 0 Å². The van der Waals surface area contributed by atoms with Gasteiger partial charge >= 0.3 is 12.0 Å². The zero-order chi connectivity index (χ0) is 13.3. The summed E-state index contributed by atoms with van der Waals surface area (Å²) in [5.74, 6) is -1.00. The standard InChI is InChI=1S/C12H13BrN2O3/c1-7(11(16)17)15-6-10(14-12(15)18)8-4-2-3-5-9(8)13/h2-5,7,10H,6H2,1H3,(H,14,18)(H,16,17). The van der Waals surface area contributed by atoms with Gasteiger partial charge in [-0.15, -0.1) is 0 Å². The third kappa shape index (κ3) is 2.33. The lowest BCUT2D eigenvalue weighted by atomic mass is 10.1. The molecule has 0 spiro atoms. The molecule has 2 atom stereocenters. The van der Waals surface area contributed by atoms with Gasteiger partial charge in [-0.25, -0.2) is 9.59 Å². The summed E-state index contributed by atoms with van der Waals surface area (Å²) in [5, 5.41) is 11.7. The van der Waals surface area contributed by atoms with Gasteiger partial charge in [-0.1, -0.05) is 34.1 Å². The number of hydrogen-bond donors (Lipinski definition) is 2. The predicted molar refractivity (Wildman–Crippen MR) is 69.2 cm³/mol. The maximum atomic E-state index is 11.8. The largest absolute Gasteiger partial charge is 0.480 e. The fourth-order valence-electron chi connectivity index (χ4n) is 1.96. The Hall–Kier alpha value is -1.56. The van der Waals surface area contributed by atoms with Crippen molar-refractivity contribution in [2.24, 2.45) is 0 Å². The highest BCUT2D eigenvalue weighted by molar-refractivity contribution is 9.10. The Balaban J connectivity index is 2.19. The van der Waals surface area contributed by atoms with Gasteiger partial charge < -0.3 is 15.3 Å². The average molecular weight is 313 g/mol. The van der Waals surface area contributed by atoms with Crippen LogP contribution in [-0.2, 0) is 4.79 Å². The van der Waals surface area contributed by atoms with E-state index in [9.17, 15) is 9.59 Å². The van der Waals surface area contributed by atoms with Gasteiger partial charge in [0.25, 0.3) is 0 Å². The van der Waals surface area contributed by atoms with E-state index < -0.39 is 12.0 Å². The Kier molecular flexibility index (Phi) is 3.56. The number of urea groups is 1. The van der Waals surface area contributed by atoms with E-state index in [1.54, 1.807) is 0 Å². The molecule has 1 aromatic rings. The topological polar surface area (TPSA) is 69.6 Å². The molecule has 5 nitrogen and oxygen atoms in total. The number of aliphatic carboxylic acids is 1. The van der Waals surface area contributed by atoms with Gasteiger partial charge in [0.05, 0.1) is 6.04 Å². The summed E-state index contributed by atoms with van der Waals surface area (Å²) in [5.41, 5.74) is 0.950. The fourth-order valence-corrected chi connectivity index (χ4v) is 2.52. The number of carboxylic acids is 1. The molecule has 0 radical (unpaired) electrons. The van der Waals surface area contributed by atoms with Crippen molar-refractivity contribution in [2.75, 3.05) is 6.54 Å². The van der Waals surface area contributed by atoms with Crippen molar-refractivity contribution in [1.29, 1.82) is 0 Å². The van der Waals surface area contributed by atoms with Crippen LogP contribution in [-0.4, -0.2) is 34.6 Å². The molecule has 2 N–H and O–H groups in total. The number of hydrogen-bond acceptors (Lipinski definition) is 2. The van der Waals surface area contributed by atoms with Crippen LogP contribution in [0.4, 0.5) is 4.79 Å². The molecule has 1 heterocycles. The molecule has 2 unspecified atom stereocenters. The number of carbonyl (C=O) groups is 2. The summed E-state index contributed by atoms with van der Waals surface area (Å²) in [6.07, 6.45) is 0. The third-order valence-electron chi connectivity index (χ3n) is 3.04. The highest BCUT2D eigenvalue weighted by Gasteiger charge is 2.36. The van der Waals surface area contributed by atoms with Crippen LogP contribution < -0.4 is 5.32 Å². The molecule has 0 aromatic heterocycles. The molecule has 96 valence electrons. The fraction of sp³-hybridized carbons (Fsp3) is 0.333. The van der Waals surface area contributed by atoms with Crippen LogP contribution in [0.3, 0.4) is 0 Å². The van der Waals surface area contributed by atoms with Gasteiger partial charge in [0.2, 0.25) is 0 Å². The van der Waals surface area contributed by atoms with Crippen LogP contribution >= 0.6 is 15.9 Å². The van der Waals surface area contributed by atoms with Gasteiger partial charge in [-0.05, 0) is 18.6 Å². The lowest BCUT2D eigenvalue weighted by molar-refractivity contribution is -0.141. The molecule has 0 saturated carbocycles. The second kappa shape index (κ2) is 4.97. The summed E-state index contributed by atoms with van der Waals surface area (Å²) in [4.78, 5) is 24.0. The lowest BCUT2D eigenvalue weighted by Crippen LogP contribution is -2.40. The first-order valence-corrected chi connectivity index (χ1v) is 6.34. The van der Waals surface area contributed by atoms with Crippen molar-refractivity contribution < 1.29 is 14.7 Å². The molecule has 1 aliphatic rings. The molecule has 0 bridgehead atoms. The molecule has 0 aliphatic carbocycles. The zero-order valence-electron chi connectivity index (χ0n) is 9.76. The Morgan fingerprint density at radius 3 is 2.83 bits per heavy atom. The van der Waals surface area contributed by atoms with E-state index in [0.717, 1.165) is 10.0 Å². The number of nitrogens with one attached hydrogen (secondary N) is 1. The molecule has 1 aliphatic heterocycles. The van der Waals surface area contributed by atoms with E-state index in [2.05, 4.69) is 21.2 Å². The Labute approximate surface area is 113 Å². The van der Waals surface area contributed by atoms with Crippen molar-refractivity contribution in [2.45, 2.75) is 19.0 Å². The lowest BCUT2D eigenvalue weighted by Gasteiger charge is -2.19. The highest BCUT2D eigenvalue weighted by atomic mass is 79.9. The molecule has 18 heavy (non-hydrogen) atoms. The van der Waals surface area contributed by atoms with E-state index in [0.29, 0.717) is 6.54 Å². The van der Waals surface area contributed by atoms with E-state index in [4.69, 9.17) is 5.11 Å². The Morgan fingerprint density at radius 2 is 2.22 bits per heavy atom. The van der Waals surface area contributed by atoms with Crippen molar-refractivity contribution in [3.8, 4) is 0 Å².